The Morgan fingerprint density at radius 3 is 2.67 bits per heavy atom. The average Bonchev–Trinajstić information content (AvgIpc) is 2.45. The Kier molecular flexibility index (Phi) is 6.42. The highest BCUT2D eigenvalue weighted by molar-refractivity contribution is 5.58. The van der Waals surface area contributed by atoms with E-state index in [-0.39, 0.29) is 23.6 Å². The summed E-state index contributed by atoms with van der Waals surface area (Å²) in [6.45, 7) is 6.51. The molecule has 0 aliphatic heterocycles. The number of nitrogens with zero attached hydrogens (tertiary/aromatic N) is 1. The molecule has 21 heavy (non-hydrogen) atoms. The molecule has 0 aliphatic carbocycles. The Balaban J connectivity index is 3.01. The van der Waals surface area contributed by atoms with Crippen LogP contribution in [-0.4, -0.2) is 28.8 Å². The molecule has 1 unspecified atom stereocenters. The molecule has 1 atom stereocenters. The maximum absolute atomic E-state index is 11.0. The molecule has 1 rings (SSSR count). The number of aliphatic hydroxyl groups excluding tert-OH is 1. The number of hydrogen-bond acceptors (Lipinski definition) is 5. The maximum atomic E-state index is 11.0. The minimum Gasteiger partial charge on any atom is -0.487 e. The van der Waals surface area contributed by atoms with Gasteiger partial charge >= 0.3 is 5.69 Å². The van der Waals surface area contributed by atoms with Crippen LogP contribution in [0.2, 0.25) is 0 Å². The highest BCUT2D eigenvalue weighted by Crippen LogP contribution is 2.32. The number of benzene rings is 1. The summed E-state index contributed by atoms with van der Waals surface area (Å²) in [5.41, 5.74) is 0.464. The van der Waals surface area contributed by atoms with Crippen molar-refractivity contribution >= 4 is 11.4 Å². The SMILES string of the molecule is CCCOc1cc(NC(C)(CC)CCO)ccc1[N+](=O)[O-]. The second-order valence-electron chi connectivity index (χ2n) is 5.30. The number of hydrogen-bond donors (Lipinski definition) is 2. The van der Waals surface area contributed by atoms with Crippen molar-refractivity contribution in [1.29, 1.82) is 0 Å². The Morgan fingerprint density at radius 1 is 1.43 bits per heavy atom. The van der Waals surface area contributed by atoms with Gasteiger partial charge in [-0.3, -0.25) is 10.1 Å². The molecule has 2 N–H and O–H groups in total. The standard InChI is InChI=1S/C15H24N2O4/c1-4-10-21-14-11-12(6-7-13(14)17(19)20)16-15(3,5-2)8-9-18/h6-7,11,16,18H,4-5,8-10H2,1-3H3. The van der Waals surface area contributed by atoms with Crippen LogP contribution in [0.4, 0.5) is 11.4 Å². The third kappa shape index (κ3) is 4.90. The predicted octanol–water partition coefficient (Wildman–Crippen LogP) is 3.35. The van der Waals surface area contributed by atoms with Gasteiger partial charge in [-0.1, -0.05) is 13.8 Å². The Labute approximate surface area is 125 Å². The van der Waals surface area contributed by atoms with E-state index in [0.29, 0.717) is 13.0 Å². The van der Waals surface area contributed by atoms with Crippen molar-refractivity contribution in [2.45, 2.75) is 45.6 Å². The lowest BCUT2D eigenvalue weighted by molar-refractivity contribution is -0.385. The van der Waals surface area contributed by atoms with Gasteiger partial charge < -0.3 is 15.2 Å². The summed E-state index contributed by atoms with van der Waals surface area (Å²) >= 11 is 0. The van der Waals surface area contributed by atoms with E-state index in [1.54, 1.807) is 12.1 Å². The molecule has 0 heterocycles. The summed E-state index contributed by atoms with van der Waals surface area (Å²) in [5.74, 6) is 0.273. The van der Waals surface area contributed by atoms with Gasteiger partial charge in [-0.05, 0) is 32.3 Å². The van der Waals surface area contributed by atoms with Crippen molar-refractivity contribution in [2.75, 3.05) is 18.5 Å². The first-order valence-electron chi connectivity index (χ1n) is 7.26. The molecular formula is C15H24N2O4. The van der Waals surface area contributed by atoms with Gasteiger partial charge in [-0.25, -0.2) is 0 Å². The molecular weight excluding hydrogens is 272 g/mol. The zero-order valence-electron chi connectivity index (χ0n) is 12.9. The fourth-order valence-electron chi connectivity index (χ4n) is 1.99. The zero-order valence-corrected chi connectivity index (χ0v) is 12.9. The van der Waals surface area contributed by atoms with Crippen LogP contribution in [0.5, 0.6) is 5.75 Å². The molecule has 0 aliphatic rings. The quantitative estimate of drug-likeness (QED) is 0.539. The molecule has 0 amide bonds. The monoisotopic (exact) mass is 296 g/mol. The topological polar surface area (TPSA) is 84.6 Å². The lowest BCUT2D eigenvalue weighted by Gasteiger charge is -2.30. The molecule has 0 radical (unpaired) electrons. The van der Waals surface area contributed by atoms with Crippen LogP contribution in [-0.2, 0) is 0 Å². The third-order valence-corrected chi connectivity index (χ3v) is 3.51. The van der Waals surface area contributed by atoms with E-state index in [9.17, 15) is 10.1 Å². The number of aliphatic hydroxyl groups is 1. The van der Waals surface area contributed by atoms with Crippen molar-refractivity contribution in [3.63, 3.8) is 0 Å². The number of nitro benzene ring substituents is 1. The molecule has 0 aromatic heterocycles. The number of rotatable bonds is 9. The van der Waals surface area contributed by atoms with E-state index in [1.807, 2.05) is 20.8 Å². The van der Waals surface area contributed by atoms with Crippen LogP contribution >= 0.6 is 0 Å². The molecule has 1 aromatic carbocycles. The Hall–Kier alpha value is -1.82. The zero-order chi connectivity index (χ0) is 15.9. The van der Waals surface area contributed by atoms with Gasteiger partial charge in [0.15, 0.2) is 5.75 Å². The molecule has 118 valence electrons. The fraction of sp³-hybridized carbons (Fsp3) is 0.600. The largest absolute Gasteiger partial charge is 0.487 e. The lowest BCUT2D eigenvalue weighted by atomic mass is 9.94. The summed E-state index contributed by atoms with van der Waals surface area (Å²) in [5, 5.41) is 23.5. The van der Waals surface area contributed by atoms with E-state index < -0.39 is 4.92 Å². The first-order chi connectivity index (χ1) is 9.95. The van der Waals surface area contributed by atoms with E-state index in [1.165, 1.54) is 6.07 Å². The van der Waals surface area contributed by atoms with Gasteiger partial charge in [-0.2, -0.15) is 0 Å². The van der Waals surface area contributed by atoms with Gasteiger partial charge in [0.05, 0.1) is 11.5 Å². The van der Waals surface area contributed by atoms with Crippen molar-refractivity contribution in [2.24, 2.45) is 0 Å². The van der Waals surface area contributed by atoms with E-state index in [4.69, 9.17) is 9.84 Å². The van der Waals surface area contributed by atoms with Crippen LogP contribution in [0.3, 0.4) is 0 Å². The molecule has 6 heteroatoms. The Bertz CT molecular complexity index is 479. The number of nitro groups is 1. The first-order valence-corrected chi connectivity index (χ1v) is 7.26. The normalized spacial score (nSPS) is 13.5. The van der Waals surface area contributed by atoms with Crippen LogP contribution in [0.15, 0.2) is 18.2 Å². The van der Waals surface area contributed by atoms with Crippen molar-refractivity contribution in [3.05, 3.63) is 28.3 Å². The van der Waals surface area contributed by atoms with Crippen LogP contribution in [0, 0.1) is 10.1 Å². The molecule has 0 saturated carbocycles. The summed E-state index contributed by atoms with van der Waals surface area (Å²) < 4.78 is 5.47. The second kappa shape index (κ2) is 7.83. The number of nitrogens with one attached hydrogen (secondary N) is 1. The average molecular weight is 296 g/mol. The first kappa shape index (κ1) is 17.2. The summed E-state index contributed by atoms with van der Waals surface area (Å²) in [7, 11) is 0. The Morgan fingerprint density at radius 2 is 2.14 bits per heavy atom. The minimum absolute atomic E-state index is 0.0330. The van der Waals surface area contributed by atoms with E-state index >= 15 is 0 Å². The van der Waals surface area contributed by atoms with Crippen molar-refractivity contribution < 1.29 is 14.8 Å². The van der Waals surface area contributed by atoms with Gasteiger partial charge in [0.2, 0.25) is 0 Å². The summed E-state index contributed by atoms with van der Waals surface area (Å²) in [4.78, 5) is 10.6. The minimum atomic E-state index is -0.443. The van der Waals surface area contributed by atoms with Crippen molar-refractivity contribution in [1.82, 2.24) is 0 Å². The van der Waals surface area contributed by atoms with E-state index in [0.717, 1.165) is 18.5 Å². The fourth-order valence-corrected chi connectivity index (χ4v) is 1.99. The van der Waals surface area contributed by atoms with Crippen LogP contribution in [0.25, 0.3) is 0 Å². The molecule has 6 nitrogen and oxygen atoms in total. The van der Waals surface area contributed by atoms with Gasteiger partial charge in [0.1, 0.15) is 0 Å². The third-order valence-electron chi connectivity index (χ3n) is 3.51. The highest BCUT2D eigenvalue weighted by Gasteiger charge is 2.23. The smallest absolute Gasteiger partial charge is 0.311 e. The molecule has 0 fully saturated rings. The second-order valence-corrected chi connectivity index (χ2v) is 5.30. The lowest BCUT2D eigenvalue weighted by Crippen LogP contribution is -2.35. The molecule has 1 aromatic rings. The van der Waals surface area contributed by atoms with Crippen LogP contribution in [0.1, 0.15) is 40.0 Å². The summed E-state index contributed by atoms with van der Waals surface area (Å²) in [6, 6.07) is 4.77. The van der Waals surface area contributed by atoms with Crippen LogP contribution < -0.4 is 10.1 Å². The predicted molar refractivity (Wildman–Crippen MR) is 82.9 cm³/mol. The molecule has 0 saturated heterocycles. The number of ether oxygens (including phenoxy) is 1. The van der Waals surface area contributed by atoms with Gasteiger partial charge in [-0.15, -0.1) is 0 Å². The van der Waals surface area contributed by atoms with E-state index in [2.05, 4.69) is 5.32 Å². The van der Waals surface area contributed by atoms with Crippen molar-refractivity contribution in [3.8, 4) is 5.75 Å². The number of anilines is 1. The molecule has 0 spiro atoms. The summed E-state index contributed by atoms with van der Waals surface area (Å²) in [6.07, 6.45) is 2.22. The highest BCUT2D eigenvalue weighted by atomic mass is 16.6. The maximum Gasteiger partial charge on any atom is 0.311 e. The van der Waals surface area contributed by atoms with Gasteiger partial charge in [0.25, 0.3) is 0 Å². The van der Waals surface area contributed by atoms with Gasteiger partial charge in [0, 0.05) is 30.0 Å². The molecule has 0 bridgehead atoms.